The van der Waals surface area contributed by atoms with Gasteiger partial charge in [0.15, 0.2) is 0 Å². The van der Waals surface area contributed by atoms with E-state index in [0.717, 1.165) is 49.3 Å². The maximum absolute atomic E-state index is 12.8. The molecule has 1 unspecified atom stereocenters. The highest BCUT2D eigenvalue weighted by Gasteiger charge is 2.32. The molecule has 2 aromatic carbocycles. The highest BCUT2D eigenvalue weighted by Crippen LogP contribution is 2.27. The fourth-order valence-corrected chi connectivity index (χ4v) is 3.77. The van der Waals surface area contributed by atoms with Gasteiger partial charge in [-0.25, -0.2) is 4.98 Å². The lowest BCUT2D eigenvalue weighted by Gasteiger charge is -2.17. The number of nitriles is 1. The molecule has 0 aliphatic carbocycles. The zero-order valence-corrected chi connectivity index (χ0v) is 15.7. The number of aryl methyl sites for hydroxylation is 1. The monoisotopic (exact) mass is 370 g/mol. The number of benzene rings is 2. The first-order valence-corrected chi connectivity index (χ1v) is 9.59. The van der Waals surface area contributed by atoms with Crippen molar-refractivity contribution in [2.45, 2.75) is 25.8 Å². The number of para-hydroxylation sites is 1. The van der Waals surface area contributed by atoms with Crippen LogP contribution < -0.4 is 4.90 Å². The number of hydrogen-bond acceptors (Lipinski definition) is 3. The second-order valence-electron chi connectivity index (χ2n) is 7.16. The van der Waals surface area contributed by atoms with Crippen molar-refractivity contribution in [3.8, 4) is 6.07 Å². The molecule has 1 saturated heterocycles. The molecule has 1 aliphatic heterocycles. The molecule has 1 amide bonds. The highest BCUT2D eigenvalue weighted by molar-refractivity contribution is 5.97. The summed E-state index contributed by atoms with van der Waals surface area (Å²) in [7, 11) is 0. The zero-order chi connectivity index (χ0) is 19.3. The fourth-order valence-electron chi connectivity index (χ4n) is 3.77. The predicted molar refractivity (Wildman–Crippen MR) is 108 cm³/mol. The summed E-state index contributed by atoms with van der Waals surface area (Å²) in [6, 6.07) is 19.7. The van der Waals surface area contributed by atoms with Crippen LogP contribution in [0.4, 0.5) is 5.69 Å². The van der Waals surface area contributed by atoms with Gasteiger partial charge in [0.05, 0.1) is 18.0 Å². The third-order valence-corrected chi connectivity index (χ3v) is 5.37. The smallest absolute Gasteiger partial charge is 0.230 e. The van der Waals surface area contributed by atoms with Gasteiger partial charge in [-0.3, -0.25) is 4.79 Å². The molecule has 1 aromatic heterocycles. The van der Waals surface area contributed by atoms with Gasteiger partial charge in [0.25, 0.3) is 0 Å². The molecule has 3 aromatic rings. The number of amides is 1. The molecule has 0 bridgehead atoms. The maximum atomic E-state index is 12.8. The van der Waals surface area contributed by atoms with Gasteiger partial charge in [0.2, 0.25) is 5.91 Å². The number of aromatic nitrogens is 2. The molecule has 5 heteroatoms. The van der Waals surface area contributed by atoms with E-state index in [1.54, 1.807) is 0 Å². The van der Waals surface area contributed by atoms with E-state index in [2.05, 4.69) is 15.6 Å². The van der Waals surface area contributed by atoms with Crippen molar-refractivity contribution in [1.82, 2.24) is 9.55 Å². The second kappa shape index (κ2) is 8.10. The summed E-state index contributed by atoms with van der Waals surface area (Å²) in [6.07, 6.45) is 6.20. The number of rotatable bonds is 6. The lowest BCUT2D eigenvalue weighted by molar-refractivity contribution is -0.120. The number of anilines is 1. The van der Waals surface area contributed by atoms with Crippen LogP contribution in [0, 0.1) is 17.2 Å². The maximum Gasteiger partial charge on any atom is 0.230 e. The van der Waals surface area contributed by atoms with Crippen molar-refractivity contribution in [1.29, 1.82) is 5.26 Å². The molecule has 1 atom stereocenters. The summed E-state index contributed by atoms with van der Waals surface area (Å²) in [6.45, 7) is 1.57. The van der Waals surface area contributed by atoms with E-state index in [1.165, 1.54) is 0 Å². The van der Waals surface area contributed by atoms with Gasteiger partial charge in [-0.1, -0.05) is 30.3 Å². The largest absolute Gasteiger partial charge is 0.334 e. The molecule has 0 spiro atoms. The molecule has 1 fully saturated rings. The Kier molecular flexibility index (Phi) is 5.20. The molecule has 0 radical (unpaired) electrons. The fraction of sp³-hybridized carbons (Fsp3) is 0.261. The molecule has 1 aliphatic rings. The first-order chi connectivity index (χ1) is 13.7. The van der Waals surface area contributed by atoms with Crippen LogP contribution in [0.5, 0.6) is 0 Å². The minimum Gasteiger partial charge on any atom is -0.334 e. The Bertz CT molecular complexity index is 985. The molecular formula is C23H22N4O. The Hall–Kier alpha value is -3.39. The first kappa shape index (κ1) is 18.0. The summed E-state index contributed by atoms with van der Waals surface area (Å²) in [5.74, 6) is 0.283. The Morgan fingerprint density at radius 1 is 1.11 bits per heavy atom. The van der Waals surface area contributed by atoms with Gasteiger partial charge >= 0.3 is 0 Å². The van der Waals surface area contributed by atoms with Gasteiger partial charge in [-0.05, 0) is 42.7 Å². The van der Waals surface area contributed by atoms with E-state index in [-0.39, 0.29) is 11.8 Å². The number of carbonyl (C=O) groups excluding carboxylic acids is 1. The average Bonchev–Trinajstić information content (AvgIpc) is 3.33. The minimum absolute atomic E-state index is 0.0605. The van der Waals surface area contributed by atoms with Crippen LogP contribution in [0.2, 0.25) is 0 Å². The number of hydrogen-bond donors (Lipinski definition) is 0. The van der Waals surface area contributed by atoms with E-state index < -0.39 is 0 Å². The second-order valence-corrected chi connectivity index (χ2v) is 7.16. The van der Waals surface area contributed by atoms with Gasteiger partial charge < -0.3 is 9.47 Å². The van der Waals surface area contributed by atoms with Crippen LogP contribution in [0.1, 0.15) is 29.7 Å². The number of carbonyl (C=O) groups is 1. The van der Waals surface area contributed by atoms with E-state index >= 15 is 0 Å². The van der Waals surface area contributed by atoms with Gasteiger partial charge in [-0.2, -0.15) is 5.26 Å². The molecule has 5 nitrogen and oxygen atoms in total. The highest BCUT2D eigenvalue weighted by atomic mass is 16.2. The van der Waals surface area contributed by atoms with Gasteiger partial charge in [0.1, 0.15) is 0 Å². The molecular weight excluding hydrogens is 348 g/mol. The SMILES string of the molecule is N#Cc1ccc(Cc2cncn2CCC2CCN(c3ccccc3)C2=O)cc1. The van der Waals surface area contributed by atoms with Crippen LogP contribution in [-0.4, -0.2) is 22.0 Å². The molecule has 4 rings (SSSR count). The van der Waals surface area contributed by atoms with Crippen molar-refractivity contribution in [2.75, 3.05) is 11.4 Å². The summed E-state index contributed by atoms with van der Waals surface area (Å²) < 4.78 is 2.14. The van der Waals surface area contributed by atoms with E-state index in [4.69, 9.17) is 5.26 Å². The normalized spacial score (nSPS) is 16.3. The Morgan fingerprint density at radius 2 is 1.89 bits per heavy atom. The number of imidazole rings is 1. The summed E-state index contributed by atoms with van der Waals surface area (Å²) in [5.41, 5.74) is 3.92. The molecule has 28 heavy (non-hydrogen) atoms. The summed E-state index contributed by atoms with van der Waals surface area (Å²) in [5, 5.41) is 8.92. The van der Waals surface area contributed by atoms with Gasteiger partial charge in [-0.15, -0.1) is 0 Å². The lowest BCUT2D eigenvalue weighted by Crippen LogP contribution is -2.27. The topological polar surface area (TPSA) is 61.9 Å². The summed E-state index contributed by atoms with van der Waals surface area (Å²) in [4.78, 5) is 19.0. The minimum atomic E-state index is 0.0605. The average molecular weight is 370 g/mol. The standard InChI is InChI=1S/C23H22N4O/c24-15-19-8-6-18(7-9-19)14-22-16-25-17-26(22)12-10-20-11-13-27(23(20)28)21-4-2-1-3-5-21/h1-9,16-17,20H,10-14H2. The Morgan fingerprint density at radius 3 is 2.64 bits per heavy atom. The quantitative estimate of drug-likeness (QED) is 0.663. The third kappa shape index (κ3) is 3.81. The van der Waals surface area contributed by atoms with Crippen molar-refractivity contribution < 1.29 is 4.79 Å². The molecule has 0 N–H and O–H groups in total. The van der Waals surface area contributed by atoms with Crippen LogP contribution in [-0.2, 0) is 17.8 Å². The van der Waals surface area contributed by atoms with E-state index in [9.17, 15) is 4.79 Å². The first-order valence-electron chi connectivity index (χ1n) is 9.59. The molecule has 2 heterocycles. The van der Waals surface area contributed by atoms with Gasteiger partial charge in [0, 0.05) is 43.0 Å². The van der Waals surface area contributed by atoms with Crippen LogP contribution in [0.15, 0.2) is 67.1 Å². The summed E-state index contributed by atoms with van der Waals surface area (Å²) >= 11 is 0. The van der Waals surface area contributed by atoms with Crippen LogP contribution >= 0.6 is 0 Å². The van der Waals surface area contributed by atoms with E-state index in [0.29, 0.717) is 5.56 Å². The lowest BCUT2D eigenvalue weighted by atomic mass is 10.0. The van der Waals surface area contributed by atoms with E-state index in [1.807, 2.05) is 72.0 Å². The van der Waals surface area contributed by atoms with Crippen LogP contribution in [0.3, 0.4) is 0 Å². The van der Waals surface area contributed by atoms with Crippen molar-refractivity contribution in [3.63, 3.8) is 0 Å². The number of nitrogens with zero attached hydrogens (tertiary/aromatic N) is 4. The van der Waals surface area contributed by atoms with Crippen LogP contribution in [0.25, 0.3) is 0 Å². The van der Waals surface area contributed by atoms with Crippen molar-refractivity contribution in [3.05, 3.63) is 83.9 Å². The Balaban J connectivity index is 1.38. The third-order valence-electron chi connectivity index (χ3n) is 5.37. The zero-order valence-electron chi connectivity index (χ0n) is 15.7. The van der Waals surface area contributed by atoms with Crippen molar-refractivity contribution >= 4 is 11.6 Å². The molecule has 0 saturated carbocycles. The predicted octanol–water partition coefficient (Wildman–Crippen LogP) is 3.79. The molecule has 140 valence electrons. The Labute approximate surface area is 164 Å². The van der Waals surface area contributed by atoms with Crippen molar-refractivity contribution in [2.24, 2.45) is 5.92 Å².